The second kappa shape index (κ2) is 27.9. The summed E-state index contributed by atoms with van der Waals surface area (Å²) in [5.41, 5.74) is 12.5. The molecule has 0 radical (unpaired) electrons. The number of carbonyl (C=O) groups excluding carboxylic acids is 2. The van der Waals surface area contributed by atoms with Gasteiger partial charge in [-0.15, -0.1) is 20.4 Å². The first-order valence-corrected chi connectivity index (χ1v) is 30.5. The van der Waals surface area contributed by atoms with Crippen molar-refractivity contribution < 1.29 is 37.4 Å². The molecule has 82 heavy (non-hydrogen) atoms. The number of aryl methyl sites for hydroxylation is 12. The highest BCUT2D eigenvalue weighted by Crippen LogP contribution is 2.38. The third kappa shape index (κ3) is 16.9. The van der Waals surface area contributed by atoms with Crippen LogP contribution < -0.4 is 26.4 Å². The summed E-state index contributed by atoms with van der Waals surface area (Å²) in [6.45, 7) is 30.4. The van der Waals surface area contributed by atoms with Crippen LogP contribution in [-0.2, 0) is 28.9 Å². The number of aromatic nitrogens is 4. The zero-order valence-electron chi connectivity index (χ0n) is 49.5. The molecule has 8 aromatic rings. The lowest BCUT2D eigenvalue weighted by Gasteiger charge is -2.19. The molecular weight excluding hydrogens is 1120 g/mol. The highest BCUT2D eigenvalue weighted by Gasteiger charge is 2.30. The van der Waals surface area contributed by atoms with Gasteiger partial charge in [-0.25, -0.2) is 14.4 Å². The largest absolute Gasteiger partial charge is 0.507 e. The standard InChI is InChI=1S/C23H26N2O4S2.C22H28O4.C18H18N2O3S2/c1-13-9-14(2)18(15(3)10-13)19-17(29-21(27)23(4,5)6)11-16(28-20(19)26)7-8-30-22-25-24-12-31-22;1-8-9-16-12-17(26-21(24)22(5,6)7)19(20(23)25-16)18-14(3)10-13(2)11-15(18)4;1-10-6-11(2)15(12(3)7-10)16-14(21)8-13(23-17(16)22)4-5-24-18-20-19-9-25-18/h9-12H,7-8H2,1-6H3;10-12H,8-9H2,1-7H3;6-9,21H,4-5H2,1-3H3. The highest BCUT2D eigenvalue weighted by molar-refractivity contribution is 8.01. The number of carbonyl (C=O) groups is 2. The van der Waals surface area contributed by atoms with Crippen molar-refractivity contribution in [3.05, 3.63) is 164 Å². The molecule has 0 bridgehead atoms. The van der Waals surface area contributed by atoms with Gasteiger partial charge >= 0.3 is 28.8 Å². The van der Waals surface area contributed by atoms with E-state index >= 15 is 0 Å². The normalized spacial score (nSPS) is 11.4. The molecule has 15 nitrogen and oxygen atoms in total. The first-order valence-electron chi connectivity index (χ1n) is 26.7. The maximum absolute atomic E-state index is 13.1. The summed E-state index contributed by atoms with van der Waals surface area (Å²) in [7, 11) is 0. The van der Waals surface area contributed by atoms with E-state index in [-0.39, 0.29) is 34.3 Å². The van der Waals surface area contributed by atoms with Crippen molar-refractivity contribution in [1.29, 1.82) is 0 Å². The summed E-state index contributed by atoms with van der Waals surface area (Å²) in [5, 5.41) is 26.0. The lowest BCUT2D eigenvalue weighted by Crippen LogP contribution is -2.26. The van der Waals surface area contributed by atoms with Gasteiger partial charge in [0, 0.05) is 49.0 Å². The number of thioether (sulfide) groups is 2. The van der Waals surface area contributed by atoms with E-state index in [0.717, 1.165) is 81.9 Å². The first-order chi connectivity index (χ1) is 38.5. The van der Waals surface area contributed by atoms with E-state index in [1.54, 1.807) is 76.5 Å². The maximum atomic E-state index is 13.1. The van der Waals surface area contributed by atoms with E-state index in [1.165, 1.54) is 40.5 Å². The Morgan fingerprint density at radius 1 is 0.488 bits per heavy atom. The van der Waals surface area contributed by atoms with E-state index in [4.69, 9.17) is 22.7 Å². The van der Waals surface area contributed by atoms with Gasteiger partial charge in [0.25, 0.3) is 0 Å². The minimum absolute atomic E-state index is 0.0396. The number of rotatable bonds is 15. The zero-order chi connectivity index (χ0) is 60.4. The number of esters is 2. The molecule has 5 aromatic heterocycles. The third-order valence-corrected chi connectivity index (χ3v) is 16.4. The van der Waals surface area contributed by atoms with Crippen LogP contribution in [0.2, 0.25) is 0 Å². The van der Waals surface area contributed by atoms with Crippen molar-refractivity contribution in [1.82, 2.24) is 20.4 Å². The number of ether oxygens (including phenoxy) is 2. The molecule has 0 aliphatic heterocycles. The summed E-state index contributed by atoms with van der Waals surface area (Å²) >= 11 is 6.00. The van der Waals surface area contributed by atoms with Crippen LogP contribution in [0.3, 0.4) is 0 Å². The fraction of sp³-hybridized carbons (Fsp3) is 0.381. The van der Waals surface area contributed by atoms with Crippen LogP contribution in [0.25, 0.3) is 33.4 Å². The Bertz CT molecular complexity index is 3690. The fourth-order valence-corrected chi connectivity index (χ4v) is 12.2. The number of aromatic hydroxyl groups is 1. The molecule has 0 aliphatic rings. The van der Waals surface area contributed by atoms with Gasteiger partial charge in [-0.05, 0) is 160 Å². The molecular formula is C63H72N4O11S4. The summed E-state index contributed by atoms with van der Waals surface area (Å²) < 4.78 is 29.7. The van der Waals surface area contributed by atoms with Crippen molar-refractivity contribution in [2.45, 2.75) is 145 Å². The minimum Gasteiger partial charge on any atom is -0.507 e. The summed E-state index contributed by atoms with van der Waals surface area (Å²) in [6, 6.07) is 16.9. The van der Waals surface area contributed by atoms with Crippen LogP contribution in [0.15, 0.2) is 102 Å². The second-order valence-electron chi connectivity index (χ2n) is 22.2. The van der Waals surface area contributed by atoms with Gasteiger partial charge in [0.2, 0.25) is 0 Å². The van der Waals surface area contributed by atoms with Crippen LogP contribution in [0.1, 0.15) is 122 Å². The first kappa shape index (κ1) is 64.2. The molecule has 0 atom stereocenters. The zero-order valence-corrected chi connectivity index (χ0v) is 52.8. The molecule has 3 aromatic carbocycles. The molecule has 5 heterocycles. The molecule has 0 fully saturated rings. The molecule has 19 heteroatoms. The van der Waals surface area contributed by atoms with Crippen molar-refractivity contribution in [3.8, 4) is 50.6 Å². The van der Waals surface area contributed by atoms with Gasteiger partial charge < -0.3 is 27.8 Å². The Labute approximate surface area is 495 Å². The summed E-state index contributed by atoms with van der Waals surface area (Å²) in [6.07, 6.45) is 2.46. The molecule has 0 aliphatic carbocycles. The lowest BCUT2D eigenvalue weighted by molar-refractivity contribution is -0.143. The number of nitrogens with zero attached hydrogens (tertiary/aromatic N) is 4. The predicted octanol–water partition coefficient (Wildman–Crippen LogP) is 14.6. The van der Waals surface area contributed by atoms with E-state index in [2.05, 4.69) is 20.4 Å². The average Bonchev–Trinajstić information content (AvgIpc) is 4.23. The number of benzene rings is 3. The van der Waals surface area contributed by atoms with Crippen LogP contribution >= 0.6 is 46.2 Å². The molecule has 0 saturated heterocycles. The predicted molar refractivity (Wildman–Crippen MR) is 328 cm³/mol. The second-order valence-corrected chi connectivity index (χ2v) is 26.5. The topological polar surface area (TPSA) is 215 Å². The number of hydrogen-bond donors (Lipinski definition) is 1. The van der Waals surface area contributed by atoms with Gasteiger partial charge in [0.15, 0.2) is 8.68 Å². The van der Waals surface area contributed by atoms with Crippen LogP contribution in [0.4, 0.5) is 0 Å². The van der Waals surface area contributed by atoms with Gasteiger partial charge in [-0.2, -0.15) is 0 Å². The molecule has 0 amide bonds. The smallest absolute Gasteiger partial charge is 0.347 e. The molecule has 1 N–H and O–H groups in total. The maximum Gasteiger partial charge on any atom is 0.347 e. The van der Waals surface area contributed by atoms with Crippen LogP contribution in [0.5, 0.6) is 17.2 Å². The molecule has 8 rings (SSSR count). The van der Waals surface area contributed by atoms with Crippen molar-refractivity contribution in [3.63, 3.8) is 0 Å². The average molecular weight is 1190 g/mol. The Hall–Kier alpha value is -6.93. The summed E-state index contributed by atoms with van der Waals surface area (Å²) in [5.74, 6) is 2.50. The van der Waals surface area contributed by atoms with E-state index < -0.39 is 33.7 Å². The molecule has 0 spiro atoms. The van der Waals surface area contributed by atoms with Gasteiger partial charge in [-0.1, -0.05) is 106 Å². The van der Waals surface area contributed by atoms with Crippen LogP contribution in [0, 0.1) is 73.1 Å². The minimum atomic E-state index is -0.710. The fourth-order valence-electron chi connectivity index (χ4n) is 9.18. The Balaban J connectivity index is 0.000000199. The lowest BCUT2D eigenvalue weighted by atomic mass is 9.93. The highest BCUT2D eigenvalue weighted by atomic mass is 32.2. The monoisotopic (exact) mass is 1190 g/mol. The SMILES string of the molecule is CCCc1cc(OC(=O)C(C)(C)C)c(-c2c(C)cc(C)cc2C)c(=O)o1.Cc1cc(C)c(-c2c(O)cc(CCSc3nncs3)oc2=O)c(C)c1.Cc1cc(C)c(-c2c(OC(=O)C(C)(C)C)cc(CCSc3nncs3)oc2=O)c(C)c1. The van der Waals surface area contributed by atoms with E-state index in [9.17, 15) is 29.1 Å². The molecule has 0 saturated carbocycles. The summed E-state index contributed by atoms with van der Waals surface area (Å²) in [4.78, 5) is 63.5. The van der Waals surface area contributed by atoms with Crippen molar-refractivity contribution in [2.24, 2.45) is 10.8 Å². The van der Waals surface area contributed by atoms with Gasteiger partial charge in [0.05, 0.1) is 10.8 Å². The van der Waals surface area contributed by atoms with Gasteiger partial charge in [-0.3, -0.25) is 9.59 Å². The molecule has 0 unspecified atom stereocenters. The quantitative estimate of drug-likeness (QED) is 0.0746. The Kier molecular flexibility index (Phi) is 21.9. The third-order valence-electron chi connectivity index (χ3n) is 12.7. The Morgan fingerprint density at radius 3 is 1.11 bits per heavy atom. The van der Waals surface area contributed by atoms with E-state index in [0.29, 0.717) is 53.6 Å². The molecule has 434 valence electrons. The number of hydrogen-bond acceptors (Lipinski definition) is 19. The van der Waals surface area contributed by atoms with Gasteiger partial charge in [0.1, 0.15) is 62.2 Å². The van der Waals surface area contributed by atoms with E-state index in [1.807, 2.05) is 106 Å². The van der Waals surface area contributed by atoms with Crippen molar-refractivity contribution in [2.75, 3.05) is 11.5 Å². The van der Waals surface area contributed by atoms with Crippen LogP contribution in [-0.4, -0.2) is 48.9 Å². The van der Waals surface area contributed by atoms with Crippen molar-refractivity contribution >= 4 is 58.1 Å². The Morgan fingerprint density at radius 2 is 0.805 bits per heavy atom.